The Bertz CT molecular complexity index is 685. The number of aromatic nitrogens is 4. The molecule has 0 spiro atoms. The summed E-state index contributed by atoms with van der Waals surface area (Å²) < 4.78 is 4.86. The Balaban J connectivity index is 1.99. The molecule has 20 heavy (non-hydrogen) atoms. The normalized spacial score (nSPS) is 10.4. The van der Waals surface area contributed by atoms with Crippen molar-refractivity contribution in [2.24, 2.45) is 0 Å². The molecule has 0 saturated heterocycles. The summed E-state index contributed by atoms with van der Waals surface area (Å²) in [5.74, 6) is 1.48. The van der Waals surface area contributed by atoms with E-state index in [0.29, 0.717) is 5.82 Å². The van der Waals surface area contributed by atoms with E-state index in [4.69, 9.17) is 0 Å². The Morgan fingerprint density at radius 3 is 2.70 bits per heavy atom. The molecule has 2 aromatic heterocycles. The number of hydrogen-bond donors (Lipinski definition) is 1. The van der Waals surface area contributed by atoms with Crippen LogP contribution in [0.25, 0.3) is 11.4 Å². The molecular weight excluding hydrogens is 290 g/mol. The highest BCUT2D eigenvalue weighted by Gasteiger charge is 2.08. The lowest BCUT2D eigenvalue weighted by atomic mass is 10.2. The maximum absolute atomic E-state index is 4.58. The average Bonchev–Trinajstić information content (AvgIpc) is 3.00. The van der Waals surface area contributed by atoms with E-state index in [1.54, 1.807) is 6.33 Å². The van der Waals surface area contributed by atoms with Gasteiger partial charge in [0.05, 0.1) is 0 Å². The van der Waals surface area contributed by atoms with Gasteiger partial charge in [0.2, 0.25) is 0 Å². The minimum atomic E-state index is 0.699. The smallest absolute Gasteiger partial charge is 0.175 e. The van der Waals surface area contributed by atoms with E-state index >= 15 is 0 Å². The van der Waals surface area contributed by atoms with Crippen molar-refractivity contribution in [3.63, 3.8) is 0 Å². The maximum atomic E-state index is 4.58. The van der Waals surface area contributed by atoms with Crippen LogP contribution in [-0.2, 0) is 0 Å². The third-order valence-electron chi connectivity index (χ3n) is 2.52. The zero-order valence-electron chi connectivity index (χ0n) is 10.6. The van der Waals surface area contributed by atoms with Gasteiger partial charge in [0.25, 0.3) is 0 Å². The summed E-state index contributed by atoms with van der Waals surface area (Å²) in [7, 11) is 1.84. The van der Waals surface area contributed by atoms with E-state index in [1.807, 2.05) is 43.4 Å². The van der Waals surface area contributed by atoms with Gasteiger partial charge in [-0.2, -0.15) is 4.37 Å². The van der Waals surface area contributed by atoms with Gasteiger partial charge in [-0.1, -0.05) is 30.3 Å². The van der Waals surface area contributed by atoms with Gasteiger partial charge in [0.15, 0.2) is 10.2 Å². The summed E-state index contributed by atoms with van der Waals surface area (Å²) in [4.78, 5) is 13.2. The molecule has 1 aromatic carbocycles. The van der Waals surface area contributed by atoms with Crippen LogP contribution in [0.5, 0.6) is 0 Å². The molecule has 3 rings (SSSR count). The van der Waals surface area contributed by atoms with Crippen LogP contribution < -0.4 is 5.32 Å². The van der Waals surface area contributed by atoms with Crippen molar-refractivity contribution in [3.8, 4) is 11.4 Å². The fourth-order valence-electron chi connectivity index (χ4n) is 1.62. The number of benzene rings is 1. The lowest BCUT2D eigenvalue weighted by Crippen LogP contribution is -1.98. The van der Waals surface area contributed by atoms with E-state index in [9.17, 15) is 0 Å². The average molecular weight is 301 g/mol. The third-order valence-corrected chi connectivity index (χ3v) is 4.16. The largest absolute Gasteiger partial charge is 0.373 e. The van der Waals surface area contributed by atoms with Crippen LogP contribution in [-0.4, -0.2) is 26.4 Å². The van der Waals surface area contributed by atoms with E-state index in [-0.39, 0.29) is 0 Å². The fraction of sp³-hybridized carbons (Fsp3) is 0.0769. The molecule has 1 N–H and O–H groups in total. The van der Waals surface area contributed by atoms with Crippen molar-refractivity contribution >= 4 is 29.1 Å². The summed E-state index contributed by atoms with van der Waals surface area (Å²) >= 11 is 2.84. The van der Waals surface area contributed by atoms with E-state index in [0.717, 1.165) is 20.7 Å². The Morgan fingerprint density at radius 2 is 2.00 bits per heavy atom. The summed E-state index contributed by atoms with van der Waals surface area (Å²) in [6, 6.07) is 11.8. The first-order valence-electron chi connectivity index (χ1n) is 5.92. The minimum Gasteiger partial charge on any atom is -0.373 e. The Labute approximate surface area is 124 Å². The van der Waals surface area contributed by atoms with Gasteiger partial charge >= 0.3 is 0 Å². The minimum absolute atomic E-state index is 0.699. The molecule has 0 unspecified atom stereocenters. The third kappa shape index (κ3) is 2.94. The van der Waals surface area contributed by atoms with Crippen molar-refractivity contribution in [3.05, 3.63) is 42.7 Å². The second-order valence-electron chi connectivity index (χ2n) is 3.84. The van der Waals surface area contributed by atoms with Crippen LogP contribution in [0, 0.1) is 0 Å². The van der Waals surface area contributed by atoms with Crippen molar-refractivity contribution in [1.82, 2.24) is 19.3 Å². The first-order valence-corrected chi connectivity index (χ1v) is 7.51. The molecule has 0 aliphatic heterocycles. The second kappa shape index (κ2) is 5.98. The molecular formula is C13H11N5S2. The highest BCUT2D eigenvalue weighted by Crippen LogP contribution is 2.29. The molecule has 0 saturated carbocycles. The number of rotatable bonds is 4. The van der Waals surface area contributed by atoms with Crippen LogP contribution in [0.1, 0.15) is 0 Å². The number of nitrogens with zero attached hydrogens (tertiary/aromatic N) is 4. The molecule has 3 aromatic rings. The predicted octanol–water partition coefficient (Wildman–Crippen LogP) is 3.19. The number of anilines is 1. The number of hydrogen-bond acceptors (Lipinski definition) is 7. The lowest BCUT2D eigenvalue weighted by Gasteiger charge is -2.06. The van der Waals surface area contributed by atoms with Crippen molar-refractivity contribution in [2.45, 2.75) is 9.37 Å². The van der Waals surface area contributed by atoms with Crippen LogP contribution in [0.3, 0.4) is 0 Å². The topological polar surface area (TPSA) is 63.6 Å². The molecule has 0 fully saturated rings. The van der Waals surface area contributed by atoms with E-state index in [1.165, 1.54) is 23.3 Å². The number of nitrogens with one attached hydrogen (secondary N) is 1. The van der Waals surface area contributed by atoms with Gasteiger partial charge in [-0.05, 0) is 23.3 Å². The van der Waals surface area contributed by atoms with Gasteiger partial charge in [-0.3, -0.25) is 0 Å². The Hall–Kier alpha value is -1.99. The summed E-state index contributed by atoms with van der Waals surface area (Å²) in [5, 5.41) is 3.91. The summed E-state index contributed by atoms with van der Waals surface area (Å²) in [5.41, 5.74) is 0.990. The van der Waals surface area contributed by atoms with Crippen LogP contribution in [0.4, 0.5) is 5.82 Å². The molecule has 5 nitrogen and oxygen atoms in total. The molecule has 0 bridgehead atoms. The van der Waals surface area contributed by atoms with Crippen molar-refractivity contribution in [1.29, 1.82) is 0 Å². The van der Waals surface area contributed by atoms with Crippen LogP contribution in [0.15, 0.2) is 52.1 Å². The van der Waals surface area contributed by atoms with Gasteiger partial charge in [-0.25, -0.2) is 15.0 Å². The predicted molar refractivity (Wildman–Crippen MR) is 81.0 cm³/mol. The highest BCUT2D eigenvalue weighted by molar-refractivity contribution is 8.00. The Morgan fingerprint density at radius 1 is 1.15 bits per heavy atom. The molecule has 0 radical (unpaired) electrons. The van der Waals surface area contributed by atoms with Gasteiger partial charge < -0.3 is 5.32 Å². The molecule has 0 aliphatic carbocycles. The van der Waals surface area contributed by atoms with Crippen LogP contribution in [0.2, 0.25) is 0 Å². The molecule has 100 valence electrons. The first-order chi connectivity index (χ1) is 9.85. The summed E-state index contributed by atoms with van der Waals surface area (Å²) in [6.45, 7) is 0. The zero-order chi connectivity index (χ0) is 13.8. The molecule has 0 amide bonds. The molecule has 0 atom stereocenters. The SMILES string of the molecule is CNc1cc(Sc2ncns2)nc(-c2ccccc2)n1. The highest BCUT2D eigenvalue weighted by atomic mass is 32.2. The molecule has 2 heterocycles. The second-order valence-corrected chi connectivity index (χ2v) is 5.89. The van der Waals surface area contributed by atoms with Gasteiger partial charge in [-0.15, -0.1) is 0 Å². The lowest BCUT2D eigenvalue weighted by molar-refractivity contribution is 1.05. The fourth-order valence-corrected chi connectivity index (χ4v) is 3.01. The first kappa shape index (κ1) is 13.0. The van der Waals surface area contributed by atoms with Gasteiger partial charge in [0, 0.05) is 18.7 Å². The van der Waals surface area contributed by atoms with E-state index in [2.05, 4.69) is 24.6 Å². The zero-order valence-corrected chi connectivity index (χ0v) is 12.3. The summed E-state index contributed by atoms with van der Waals surface area (Å²) in [6.07, 6.45) is 1.55. The van der Waals surface area contributed by atoms with E-state index < -0.39 is 0 Å². The van der Waals surface area contributed by atoms with Crippen molar-refractivity contribution in [2.75, 3.05) is 12.4 Å². The maximum Gasteiger partial charge on any atom is 0.175 e. The molecule has 0 aliphatic rings. The monoisotopic (exact) mass is 301 g/mol. The van der Waals surface area contributed by atoms with Crippen molar-refractivity contribution < 1.29 is 0 Å². The quantitative estimate of drug-likeness (QED) is 0.747. The van der Waals surface area contributed by atoms with Gasteiger partial charge in [0.1, 0.15) is 17.2 Å². The van der Waals surface area contributed by atoms with Crippen LogP contribution >= 0.6 is 23.3 Å². The molecule has 7 heteroatoms. The standard InChI is InChI=1S/C13H11N5S2/c1-14-10-7-11(19-13-15-8-16-20-13)18-12(17-10)9-5-3-2-4-6-9/h2-8H,1H3,(H,14,17,18). The Kier molecular flexibility index (Phi) is 3.89.